The molecule has 2 aromatic rings. The topological polar surface area (TPSA) is 26.0 Å². The van der Waals surface area contributed by atoms with Gasteiger partial charge in [-0.1, -0.05) is 41.6 Å². The van der Waals surface area contributed by atoms with Crippen LogP contribution in [0.5, 0.6) is 0 Å². The van der Waals surface area contributed by atoms with Gasteiger partial charge in [-0.05, 0) is 41.8 Å². The first-order chi connectivity index (χ1) is 8.24. The second-order valence-electron chi connectivity index (χ2n) is 4.20. The molecule has 0 saturated carbocycles. The molecular weight excluding hydrogens is 250 g/mol. The van der Waals surface area contributed by atoms with Crippen LogP contribution in [-0.2, 0) is 6.42 Å². The van der Waals surface area contributed by atoms with Crippen LogP contribution in [0.3, 0.4) is 0 Å². The molecule has 0 aliphatic carbocycles. The summed E-state index contributed by atoms with van der Waals surface area (Å²) in [5, 5.41) is 0.755. The van der Waals surface area contributed by atoms with Crippen LogP contribution in [0, 0.1) is 0 Å². The highest BCUT2D eigenvalue weighted by Gasteiger charge is 2.19. The van der Waals surface area contributed by atoms with Gasteiger partial charge in [0, 0.05) is 20.9 Å². The highest BCUT2D eigenvalue weighted by molar-refractivity contribution is 7.99. The number of nitrogens with two attached hydrogens (primary N) is 1. The molecule has 1 atom stereocenters. The van der Waals surface area contributed by atoms with E-state index in [1.165, 1.54) is 15.4 Å². The molecule has 0 unspecified atom stereocenters. The third kappa shape index (κ3) is 2.08. The maximum absolute atomic E-state index is 6.26. The van der Waals surface area contributed by atoms with Crippen molar-refractivity contribution < 1.29 is 0 Å². The first kappa shape index (κ1) is 11.1. The number of fused-ring (bicyclic) bond motifs is 2. The molecular formula is C14H12ClNS. The Balaban J connectivity index is 2.14. The summed E-state index contributed by atoms with van der Waals surface area (Å²) in [6.07, 6.45) is 0.872. The van der Waals surface area contributed by atoms with Crippen molar-refractivity contribution in [2.45, 2.75) is 22.3 Å². The maximum atomic E-state index is 6.26. The molecule has 0 amide bonds. The minimum Gasteiger partial charge on any atom is -0.324 e. The van der Waals surface area contributed by atoms with Crippen molar-refractivity contribution in [2.75, 3.05) is 0 Å². The molecule has 0 spiro atoms. The standard InChI is InChI=1S/C14H12ClNS/c15-10-5-6-14-11(8-10)12(16)7-9-3-1-2-4-13(9)17-14/h1-6,8,12H,7,16H2/t12-/m0/s1. The highest BCUT2D eigenvalue weighted by Crippen LogP contribution is 2.40. The van der Waals surface area contributed by atoms with Gasteiger partial charge in [0.2, 0.25) is 0 Å². The lowest BCUT2D eigenvalue weighted by molar-refractivity contribution is 0.706. The van der Waals surface area contributed by atoms with Gasteiger partial charge >= 0.3 is 0 Å². The monoisotopic (exact) mass is 261 g/mol. The molecule has 17 heavy (non-hydrogen) atoms. The molecule has 2 N–H and O–H groups in total. The van der Waals surface area contributed by atoms with E-state index in [2.05, 4.69) is 30.3 Å². The Hall–Kier alpha value is -0.960. The Morgan fingerprint density at radius 2 is 1.94 bits per heavy atom. The molecule has 86 valence electrons. The predicted octanol–water partition coefficient (Wildman–Crippen LogP) is 4.05. The zero-order chi connectivity index (χ0) is 11.8. The number of benzene rings is 2. The lowest BCUT2D eigenvalue weighted by atomic mass is 10.00. The van der Waals surface area contributed by atoms with Crippen LogP contribution < -0.4 is 5.73 Å². The molecule has 0 bridgehead atoms. The van der Waals surface area contributed by atoms with Crippen molar-refractivity contribution in [3.05, 3.63) is 58.6 Å². The summed E-state index contributed by atoms with van der Waals surface area (Å²) in [6.45, 7) is 0. The summed E-state index contributed by atoms with van der Waals surface area (Å²) < 4.78 is 0. The molecule has 3 heteroatoms. The molecule has 0 saturated heterocycles. The van der Waals surface area contributed by atoms with E-state index < -0.39 is 0 Å². The summed E-state index contributed by atoms with van der Waals surface area (Å²) >= 11 is 7.82. The first-order valence-corrected chi connectivity index (χ1v) is 6.74. The number of rotatable bonds is 0. The molecule has 2 aromatic carbocycles. The third-order valence-corrected chi connectivity index (χ3v) is 4.45. The van der Waals surface area contributed by atoms with Crippen molar-refractivity contribution in [1.29, 1.82) is 0 Å². The molecule has 0 radical (unpaired) electrons. The number of halogens is 1. The summed E-state index contributed by atoms with van der Waals surface area (Å²) in [5.41, 5.74) is 8.73. The lowest BCUT2D eigenvalue weighted by Crippen LogP contribution is -2.13. The average molecular weight is 262 g/mol. The van der Waals surface area contributed by atoms with Crippen molar-refractivity contribution in [2.24, 2.45) is 5.73 Å². The molecule has 3 rings (SSSR count). The van der Waals surface area contributed by atoms with Crippen molar-refractivity contribution >= 4 is 23.4 Å². The van der Waals surface area contributed by atoms with E-state index in [1.807, 2.05) is 12.1 Å². The van der Waals surface area contributed by atoms with E-state index in [0.717, 1.165) is 17.0 Å². The fraction of sp³-hybridized carbons (Fsp3) is 0.143. The van der Waals surface area contributed by atoms with Crippen molar-refractivity contribution in [3.63, 3.8) is 0 Å². The van der Waals surface area contributed by atoms with Gasteiger partial charge in [0.15, 0.2) is 0 Å². The second kappa shape index (κ2) is 4.37. The van der Waals surface area contributed by atoms with Crippen molar-refractivity contribution in [1.82, 2.24) is 0 Å². The van der Waals surface area contributed by atoms with Gasteiger partial charge in [-0.2, -0.15) is 0 Å². The maximum Gasteiger partial charge on any atom is 0.0410 e. The molecule has 0 aromatic heterocycles. The molecule has 0 fully saturated rings. The minimum absolute atomic E-state index is 0.0276. The Labute approximate surface area is 110 Å². The van der Waals surface area contributed by atoms with Crippen LogP contribution in [0.1, 0.15) is 17.2 Å². The smallest absolute Gasteiger partial charge is 0.0410 e. The Bertz CT molecular complexity index is 568. The van der Waals surface area contributed by atoms with E-state index in [0.29, 0.717) is 0 Å². The SMILES string of the molecule is N[C@H]1Cc2ccccc2Sc2ccc(Cl)cc21. The van der Waals surface area contributed by atoms with Gasteiger partial charge in [-0.25, -0.2) is 0 Å². The first-order valence-electron chi connectivity index (χ1n) is 5.55. The van der Waals surface area contributed by atoms with E-state index >= 15 is 0 Å². The Kier molecular flexibility index (Phi) is 2.87. The zero-order valence-electron chi connectivity index (χ0n) is 9.19. The molecule has 1 aliphatic rings. The normalized spacial score (nSPS) is 18.1. The molecule has 1 aliphatic heterocycles. The quantitative estimate of drug-likeness (QED) is 0.774. The summed E-state index contributed by atoms with van der Waals surface area (Å²) in [6, 6.07) is 14.4. The van der Waals surface area contributed by atoms with Gasteiger partial charge in [0.1, 0.15) is 0 Å². The minimum atomic E-state index is 0.0276. The Morgan fingerprint density at radius 1 is 1.12 bits per heavy atom. The van der Waals surface area contributed by atoms with Crippen LogP contribution in [-0.4, -0.2) is 0 Å². The third-order valence-electron chi connectivity index (χ3n) is 3.00. The molecule has 1 nitrogen and oxygen atoms in total. The van der Waals surface area contributed by atoms with Crippen LogP contribution >= 0.6 is 23.4 Å². The van der Waals surface area contributed by atoms with Gasteiger partial charge in [0.25, 0.3) is 0 Å². The fourth-order valence-corrected chi connectivity index (χ4v) is 3.45. The largest absolute Gasteiger partial charge is 0.324 e. The summed E-state index contributed by atoms with van der Waals surface area (Å²) in [5.74, 6) is 0. The van der Waals surface area contributed by atoms with Gasteiger partial charge in [-0.3, -0.25) is 0 Å². The summed E-state index contributed by atoms with van der Waals surface area (Å²) in [4.78, 5) is 2.51. The van der Waals surface area contributed by atoms with E-state index in [1.54, 1.807) is 11.8 Å². The van der Waals surface area contributed by atoms with Gasteiger partial charge in [-0.15, -0.1) is 0 Å². The summed E-state index contributed by atoms with van der Waals surface area (Å²) in [7, 11) is 0. The lowest BCUT2D eigenvalue weighted by Gasteiger charge is -2.12. The fourth-order valence-electron chi connectivity index (χ4n) is 2.14. The van der Waals surface area contributed by atoms with Gasteiger partial charge in [0.05, 0.1) is 0 Å². The second-order valence-corrected chi connectivity index (χ2v) is 5.72. The Morgan fingerprint density at radius 3 is 2.82 bits per heavy atom. The number of hydrogen-bond acceptors (Lipinski definition) is 2. The van der Waals surface area contributed by atoms with Crippen molar-refractivity contribution in [3.8, 4) is 0 Å². The van der Waals surface area contributed by atoms with E-state index in [-0.39, 0.29) is 6.04 Å². The predicted molar refractivity (Wildman–Crippen MR) is 72.6 cm³/mol. The number of hydrogen-bond donors (Lipinski definition) is 1. The molecule has 1 heterocycles. The van der Waals surface area contributed by atoms with Crippen LogP contribution in [0.25, 0.3) is 0 Å². The highest BCUT2D eigenvalue weighted by atomic mass is 35.5. The van der Waals surface area contributed by atoms with E-state index in [4.69, 9.17) is 17.3 Å². The van der Waals surface area contributed by atoms with E-state index in [9.17, 15) is 0 Å². The van der Waals surface area contributed by atoms with Crippen LogP contribution in [0.2, 0.25) is 5.02 Å². The zero-order valence-corrected chi connectivity index (χ0v) is 10.8. The van der Waals surface area contributed by atoms with Crippen LogP contribution in [0.4, 0.5) is 0 Å². The average Bonchev–Trinajstić information content (AvgIpc) is 2.46. The van der Waals surface area contributed by atoms with Crippen LogP contribution in [0.15, 0.2) is 52.3 Å². The van der Waals surface area contributed by atoms with Gasteiger partial charge < -0.3 is 5.73 Å².